The van der Waals surface area contributed by atoms with Crippen molar-refractivity contribution in [1.82, 2.24) is 0 Å². The molecule has 8 aromatic rings. The zero-order valence-corrected chi connectivity index (χ0v) is 23.9. The summed E-state index contributed by atoms with van der Waals surface area (Å²) in [5, 5.41) is 13.2. The van der Waals surface area contributed by atoms with Crippen LogP contribution in [0.1, 0.15) is 11.8 Å². The number of nitrogens with zero attached hydrogens (tertiary/aromatic N) is 1. The van der Waals surface area contributed by atoms with Crippen LogP contribution < -0.4 is 15.0 Å². The molecule has 0 radical (unpaired) electrons. The van der Waals surface area contributed by atoms with E-state index in [9.17, 15) is 0 Å². The van der Waals surface area contributed by atoms with E-state index in [0.29, 0.717) is 0 Å². The Morgan fingerprint density at radius 1 is 0.432 bits per heavy atom. The van der Waals surface area contributed by atoms with Crippen molar-refractivity contribution >= 4 is 65.8 Å². The zero-order chi connectivity index (χ0) is 29.0. The molecule has 3 nitrogen and oxygen atoms in total. The third-order valence-electron chi connectivity index (χ3n) is 8.82. The Morgan fingerprint density at radius 3 is 1.66 bits per heavy atom. The lowest BCUT2D eigenvalue weighted by molar-refractivity contribution is 0.262. The summed E-state index contributed by atoms with van der Waals surface area (Å²) < 4.78 is 6.66. The van der Waals surface area contributed by atoms with Gasteiger partial charge in [-0.05, 0) is 74.8 Å². The molecule has 0 aromatic heterocycles. The Bertz CT molecular complexity index is 2280. The van der Waals surface area contributed by atoms with Crippen LogP contribution in [-0.4, -0.2) is 0 Å². The molecular weight excluding hydrogens is 536 g/mol. The smallest absolute Gasteiger partial charge is 0.196 e. The van der Waals surface area contributed by atoms with Gasteiger partial charge in [-0.1, -0.05) is 115 Å². The van der Waals surface area contributed by atoms with Crippen LogP contribution in [0.3, 0.4) is 0 Å². The molecule has 208 valence electrons. The van der Waals surface area contributed by atoms with Gasteiger partial charge in [-0.15, -0.1) is 0 Å². The van der Waals surface area contributed by atoms with Gasteiger partial charge < -0.3 is 15.0 Å². The van der Waals surface area contributed by atoms with Crippen LogP contribution in [0.4, 0.5) is 22.7 Å². The van der Waals surface area contributed by atoms with Crippen LogP contribution in [0.5, 0.6) is 5.75 Å². The Kier molecular flexibility index (Phi) is 5.57. The lowest BCUT2D eigenvalue weighted by Gasteiger charge is -2.27. The number of hydrogen-bond acceptors (Lipinski definition) is 3. The molecule has 3 heteroatoms. The average molecular weight is 565 g/mol. The van der Waals surface area contributed by atoms with E-state index in [1.165, 1.54) is 32.3 Å². The molecule has 1 aliphatic heterocycles. The summed E-state index contributed by atoms with van der Waals surface area (Å²) in [6.07, 6.45) is -0.230. The number of benzene rings is 8. The summed E-state index contributed by atoms with van der Waals surface area (Å²) >= 11 is 0. The van der Waals surface area contributed by atoms with Crippen molar-refractivity contribution in [2.75, 3.05) is 10.2 Å². The van der Waals surface area contributed by atoms with Crippen molar-refractivity contribution < 1.29 is 4.74 Å². The molecule has 0 bridgehead atoms. The summed E-state index contributed by atoms with van der Waals surface area (Å²) in [6.45, 7) is 0. The third-order valence-corrected chi connectivity index (χ3v) is 8.82. The van der Waals surface area contributed by atoms with Gasteiger partial charge in [0.2, 0.25) is 0 Å². The monoisotopic (exact) mass is 564 g/mol. The van der Waals surface area contributed by atoms with Crippen LogP contribution in [0.25, 0.3) is 43.1 Å². The second-order valence-corrected chi connectivity index (χ2v) is 11.4. The molecular formula is C41H28N2O. The molecule has 0 aliphatic carbocycles. The number of hydrogen-bond donors (Lipinski definition) is 1. The Morgan fingerprint density at radius 2 is 0.977 bits per heavy atom. The molecule has 0 saturated carbocycles. The second kappa shape index (κ2) is 9.89. The van der Waals surface area contributed by atoms with Gasteiger partial charge in [0.05, 0.1) is 5.69 Å². The standard InChI is InChI=1S/C41H28N2O/c1-2-12-29(13-3-1)41-42-39-36-17-9-8-16-35(36)38-26-34(22-23-37(38)40(39)44-41)43(32-20-18-27-10-4-6-14-30(27)24-32)33-21-19-28-11-5-7-15-31(28)25-33/h1-26,41-42H. The largest absolute Gasteiger partial charge is 0.464 e. The normalized spacial score (nSPS) is 14.0. The van der Waals surface area contributed by atoms with Gasteiger partial charge in [0.1, 0.15) is 0 Å². The summed E-state index contributed by atoms with van der Waals surface area (Å²) in [4.78, 5) is 2.37. The molecule has 1 N–H and O–H groups in total. The van der Waals surface area contributed by atoms with Crippen molar-refractivity contribution in [3.8, 4) is 5.75 Å². The van der Waals surface area contributed by atoms with E-state index in [2.05, 4.69) is 162 Å². The molecule has 1 unspecified atom stereocenters. The van der Waals surface area contributed by atoms with Crippen molar-refractivity contribution in [3.05, 3.63) is 163 Å². The molecule has 8 aromatic carbocycles. The maximum Gasteiger partial charge on any atom is 0.196 e. The molecule has 1 atom stereocenters. The fourth-order valence-corrected chi connectivity index (χ4v) is 6.69. The first-order valence-corrected chi connectivity index (χ1v) is 15.0. The molecule has 0 fully saturated rings. The molecule has 0 saturated heterocycles. The maximum atomic E-state index is 6.66. The first kappa shape index (κ1) is 24.8. The number of nitrogens with one attached hydrogen (secondary N) is 1. The van der Waals surface area contributed by atoms with Crippen LogP contribution in [0, 0.1) is 0 Å². The quantitative estimate of drug-likeness (QED) is 0.215. The van der Waals surface area contributed by atoms with Crippen LogP contribution in [0.15, 0.2) is 158 Å². The minimum Gasteiger partial charge on any atom is -0.464 e. The van der Waals surface area contributed by atoms with Crippen molar-refractivity contribution in [1.29, 1.82) is 0 Å². The highest BCUT2D eigenvalue weighted by Crippen LogP contribution is 2.50. The summed E-state index contributed by atoms with van der Waals surface area (Å²) in [5.41, 5.74) is 5.49. The Hall–Kier alpha value is -5.80. The molecule has 9 rings (SSSR count). The van der Waals surface area contributed by atoms with E-state index in [1.807, 2.05) is 6.07 Å². The van der Waals surface area contributed by atoms with E-state index in [4.69, 9.17) is 4.74 Å². The van der Waals surface area contributed by atoms with Crippen LogP contribution in [0.2, 0.25) is 0 Å². The summed E-state index contributed by atoms with van der Waals surface area (Å²) in [5.74, 6) is 0.905. The van der Waals surface area contributed by atoms with E-state index in [1.54, 1.807) is 0 Å². The highest BCUT2D eigenvalue weighted by Gasteiger charge is 2.28. The maximum absolute atomic E-state index is 6.66. The zero-order valence-electron chi connectivity index (χ0n) is 23.9. The summed E-state index contributed by atoms with van der Waals surface area (Å²) in [6, 6.07) is 56.3. The van der Waals surface area contributed by atoms with Gasteiger partial charge in [0.25, 0.3) is 0 Å². The minimum absolute atomic E-state index is 0.230. The Balaban J connectivity index is 1.26. The molecule has 0 amide bonds. The van der Waals surface area contributed by atoms with E-state index in [-0.39, 0.29) is 6.23 Å². The van der Waals surface area contributed by atoms with Crippen LogP contribution in [-0.2, 0) is 0 Å². The van der Waals surface area contributed by atoms with E-state index in [0.717, 1.165) is 44.8 Å². The highest BCUT2D eigenvalue weighted by molar-refractivity contribution is 6.18. The molecule has 0 spiro atoms. The highest BCUT2D eigenvalue weighted by atomic mass is 16.5. The Labute approximate surface area is 255 Å². The number of fused-ring (bicyclic) bond motifs is 8. The van der Waals surface area contributed by atoms with Gasteiger partial charge in [0, 0.05) is 33.4 Å². The van der Waals surface area contributed by atoms with Gasteiger partial charge in [-0.3, -0.25) is 0 Å². The van der Waals surface area contributed by atoms with Gasteiger partial charge >= 0.3 is 0 Å². The minimum atomic E-state index is -0.230. The predicted octanol–water partition coefficient (Wildman–Crippen LogP) is 11.3. The number of ether oxygens (including phenoxy) is 1. The number of anilines is 4. The molecule has 44 heavy (non-hydrogen) atoms. The average Bonchev–Trinajstić information content (AvgIpc) is 3.55. The molecule has 1 aliphatic rings. The van der Waals surface area contributed by atoms with Crippen molar-refractivity contribution in [2.45, 2.75) is 6.23 Å². The fourth-order valence-electron chi connectivity index (χ4n) is 6.69. The second-order valence-electron chi connectivity index (χ2n) is 11.4. The van der Waals surface area contributed by atoms with Crippen molar-refractivity contribution in [2.24, 2.45) is 0 Å². The summed E-state index contributed by atoms with van der Waals surface area (Å²) in [7, 11) is 0. The first-order chi connectivity index (χ1) is 21.8. The van der Waals surface area contributed by atoms with E-state index < -0.39 is 0 Å². The lowest BCUT2D eigenvalue weighted by Crippen LogP contribution is -2.10. The SMILES string of the molecule is c1ccc(C2Nc3c(c4ccc(N(c5ccc6ccccc6c5)c5ccc6ccccc6c5)cc4c4ccccc34)O2)cc1. The molecule has 1 heterocycles. The van der Waals surface area contributed by atoms with Crippen LogP contribution >= 0.6 is 0 Å². The predicted molar refractivity (Wildman–Crippen MR) is 185 cm³/mol. The van der Waals surface area contributed by atoms with Gasteiger partial charge in [-0.25, -0.2) is 0 Å². The topological polar surface area (TPSA) is 24.5 Å². The van der Waals surface area contributed by atoms with E-state index >= 15 is 0 Å². The fraction of sp³-hybridized carbons (Fsp3) is 0.0244. The van der Waals surface area contributed by atoms with Gasteiger partial charge in [-0.2, -0.15) is 0 Å². The number of rotatable bonds is 4. The lowest BCUT2D eigenvalue weighted by atomic mass is 9.98. The van der Waals surface area contributed by atoms with Crippen molar-refractivity contribution in [3.63, 3.8) is 0 Å². The van der Waals surface area contributed by atoms with Gasteiger partial charge in [0.15, 0.2) is 12.0 Å². The third kappa shape index (κ3) is 3.98. The first-order valence-electron chi connectivity index (χ1n) is 15.0.